The molecule has 8 heteroatoms. The summed E-state index contributed by atoms with van der Waals surface area (Å²) in [5.41, 5.74) is 1.46. The lowest BCUT2D eigenvalue weighted by atomic mass is 10.0. The van der Waals surface area contributed by atoms with E-state index in [1.54, 1.807) is 44.2 Å². The van der Waals surface area contributed by atoms with E-state index in [-0.39, 0.29) is 17.6 Å². The van der Waals surface area contributed by atoms with Crippen LogP contribution in [0.1, 0.15) is 19.4 Å². The molecule has 0 fully saturated rings. The fraction of sp³-hybridized carbons (Fsp3) is 0.316. The molecule has 0 radical (unpaired) electrons. The predicted octanol–water partition coefficient (Wildman–Crippen LogP) is 2.67. The predicted molar refractivity (Wildman–Crippen MR) is 101 cm³/mol. The number of anilines is 1. The molecule has 0 unspecified atom stereocenters. The second-order valence-electron chi connectivity index (χ2n) is 6.71. The van der Waals surface area contributed by atoms with Crippen molar-refractivity contribution in [1.29, 1.82) is 0 Å². The Morgan fingerprint density at radius 3 is 2.37 bits per heavy atom. The largest absolute Gasteiger partial charge is 0.454 e. The van der Waals surface area contributed by atoms with E-state index in [1.165, 1.54) is 12.1 Å². The van der Waals surface area contributed by atoms with Gasteiger partial charge in [0.15, 0.2) is 11.5 Å². The molecule has 3 rings (SSSR count). The topological polar surface area (TPSA) is 93.7 Å². The van der Waals surface area contributed by atoms with Gasteiger partial charge in [0.25, 0.3) is 0 Å². The van der Waals surface area contributed by atoms with E-state index >= 15 is 0 Å². The number of carbonyl (C=O) groups is 1. The fourth-order valence-corrected chi connectivity index (χ4v) is 3.98. The van der Waals surface area contributed by atoms with Gasteiger partial charge in [-0.15, -0.1) is 0 Å². The van der Waals surface area contributed by atoms with E-state index in [2.05, 4.69) is 10.0 Å². The fourth-order valence-electron chi connectivity index (χ4n) is 2.64. The van der Waals surface area contributed by atoms with Gasteiger partial charge in [-0.2, -0.15) is 4.72 Å². The third-order valence-electron chi connectivity index (χ3n) is 4.20. The number of hydrogen-bond acceptors (Lipinski definition) is 5. The summed E-state index contributed by atoms with van der Waals surface area (Å²) in [6.07, 6.45) is 0. The van der Waals surface area contributed by atoms with Gasteiger partial charge in [-0.25, -0.2) is 8.42 Å². The molecule has 0 aliphatic carbocycles. The highest BCUT2D eigenvalue weighted by molar-refractivity contribution is 7.89. The Labute approximate surface area is 158 Å². The lowest BCUT2D eigenvalue weighted by Gasteiger charge is -2.21. The van der Waals surface area contributed by atoms with E-state index in [0.717, 1.165) is 5.56 Å². The standard InChI is InChI=1S/C19H22N2O5S/c1-12(2)18(21-27(23,24)15-7-4-13(3)5-8-15)19(22)20-14-6-9-16-17(10-14)26-11-25-16/h4-10,12,18,21H,11H2,1-3H3,(H,20,22)/t18-/m1/s1. The minimum Gasteiger partial charge on any atom is -0.454 e. The smallest absolute Gasteiger partial charge is 0.242 e. The van der Waals surface area contributed by atoms with Crippen molar-refractivity contribution in [3.05, 3.63) is 48.0 Å². The summed E-state index contributed by atoms with van der Waals surface area (Å²) in [5.74, 6) is 0.446. The third kappa shape index (κ3) is 4.40. The van der Waals surface area contributed by atoms with Gasteiger partial charge in [-0.05, 0) is 37.1 Å². The molecule has 2 aromatic carbocycles. The zero-order chi connectivity index (χ0) is 19.6. The number of rotatable bonds is 6. The molecule has 0 bridgehead atoms. The van der Waals surface area contributed by atoms with Crippen molar-refractivity contribution in [3.8, 4) is 11.5 Å². The Hall–Kier alpha value is -2.58. The molecule has 0 spiro atoms. The number of nitrogens with one attached hydrogen (secondary N) is 2. The number of carbonyl (C=O) groups excluding carboxylic acids is 1. The van der Waals surface area contributed by atoms with Crippen LogP contribution in [-0.4, -0.2) is 27.2 Å². The zero-order valence-electron chi connectivity index (χ0n) is 15.4. The molecular formula is C19H22N2O5S. The molecule has 0 saturated carbocycles. The minimum atomic E-state index is -3.82. The van der Waals surface area contributed by atoms with Crippen LogP contribution in [0, 0.1) is 12.8 Å². The third-order valence-corrected chi connectivity index (χ3v) is 5.66. The van der Waals surface area contributed by atoms with Gasteiger partial charge in [-0.3, -0.25) is 4.79 Å². The molecule has 0 saturated heterocycles. The number of benzene rings is 2. The molecular weight excluding hydrogens is 368 g/mol. The summed E-state index contributed by atoms with van der Waals surface area (Å²) in [5, 5.41) is 2.73. The van der Waals surface area contributed by atoms with Gasteiger partial charge in [0.05, 0.1) is 4.90 Å². The summed E-state index contributed by atoms with van der Waals surface area (Å²) in [4.78, 5) is 12.8. The first-order chi connectivity index (χ1) is 12.8. The second-order valence-corrected chi connectivity index (χ2v) is 8.43. The van der Waals surface area contributed by atoms with Crippen LogP contribution in [0.3, 0.4) is 0 Å². The van der Waals surface area contributed by atoms with Gasteiger partial charge in [0, 0.05) is 11.8 Å². The number of sulfonamides is 1. The highest BCUT2D eigenvalue weighted by Crippen LogP contribution is 2.34. The van der Waals surface area contributed by atoms with Crippen LogP contribution >= 0.6 is 0 Å². The average Bonchev–Trinajstić information content (AvgIpc) is 3.07. The van der Waals surface area contributed by atoms with E-state index in [9.17, 15) is 13.2 Å². The molecule has 0 aromatic heterocycles. The molecule has 27 heavy (non-hydrogen) atoms. The molecule has 1 aliphatic heterocycles. The number of aryl methyl sites for hydroxylation is 1. The first kappa shape index (κ1) is 19.2. The minimum absolute atomic E-state index is 0.120. The Morgan fingerprint density at radius 1 is 1.04 bits per heavy atom. The van der Waals surface area contributed by atoms with Crippen molar-refractivity contribution in [1.82, 2.24) is 4.72 Å². The Morgan fingerprint density at radius 2 is 1.70 bits per heavy atom. The highest BCUT2D eigenvalue weighted by atomic mass is 32.2. The van der Waals surface area contributed by atoms with E-state index < -0.39 is 22.0 Å². The Bertz CT molecular complexity index is 939. The maximum absolute atomic E-state index is 12.7. The quantitative estimate of drug-likeness (QED) is 0.791. The lowest BCUT2D eigenvalue weighted by Crippen LogP contribution is -2.47. The van der Waals surface area contributed by atoms with Crippen LogP contribution in [0.4, 0.5) is 5.69 Å². The summed E-state index contributed by atoms with van der Waals surface area (Å²) < 4.78 is 38.3. The van der Waals surface area contributed by atoms with Crippen molar-refractivity contribution in [3.63, 3.8) is 0 Å². The second kappa shape index (κ2) is 7.58. The Kier molecular flexibility index (Phi) is 5.38. The molecule has 7 nitrogen and oxygen atoms in total. The molecule has 1 atom stereocenters. The molecule has 2 aromatic rings. The van der Waals surface area contributed by atoms with Crippen molar-refractivity contribution in [2.24, 2.45) is 5.92 Å². The first-order valence-corrected chi connectivity index (χ1v) is 10.0. The van der Waals surface area contributed by atoms with E-state index in [0.29, 0.717) is 17.2 Å². The number of hydrogen-bond donors (Lipinski definition) is 2. The number of ether oxygens (including phenoxy) is 2. The van der Waals surface area contributed by atoms with Crippen LogP contribution in [0.25, 0.3) is 0 Å². The summed E-state index contributed by atoms with van der Waals surface area (Å²) in [6, 6.07) is 10.6. The molecule has 1 amide bonds. The maximum Gasteiger partial charge on any atom is 0.242 e. The van der Waals surface area contributed by atoms with Crippen molar-refractivity contribution < 1.29 is 22.7 Å². The van der Waals surface area contributed by atoms with Crippen LogP contribution < -0.4 is 19.5 Å². The van der Waals surface area contributed by atoms with Gasteiger partial charge in [0.1, 0.15) is 6.04 Å². The van der Waals surface area contributed by atoms with Gasteiger partial charge in [-0.1, -0.05) is 31.5 Å². The first-order valence-electron chi connectivity index (χ1n) is 8.56. The van der Waals surface area contributed by atoms with Crippen LogP contribution in [0.2, 0.25) is 0 Å². The van der Waals surface area contributed by atoms with Crippen molar-refractivity contribution >= 4 is 21.6 Å². The van der Waals surface area contributed by atoms with Gasteiger partial charge < -0.3 is 14.8 Å². The van der Waals surface area contributed by atoms with E-state index in [4.69, 9.17) is 9.47 Å². The molecule has 144 valence electrons. The van der Waals surface area contributed by atoms with Crippen LogP contribution in [0.15, 0.2) is 47.4 Å². The average molecular weight is 390 g/mol. The van der Waals surface area contributed by atoms with Gasteiger partial charge in [0.2, 0.25) is 22.7 Å². The monoisotopic (exact) mass is 390 g/mol. The summed E-state index contributed by atoms with van der Waals surface area (Å²) in [7, 11) is -3.82. The van der Waals surface area contributed by atoms with Crippen LogP contribution in [0.5, 0.6) is 11.5 Å². The van der Waals surface area contributed by atoms with Gasteiger partial charge >= 0.3 is 0 Å². The zero-order valence-corrected chi connectivity index (χ0v) is 16.2. The van der Waals surface area contributed by atoms with Crippen LogP contribution in [-0.2, 0) is 14.8 Å². The lowest BCUT2D eigenvalue weighted by molar-refractivity contribution is -0.118. The SMILES string of the molecule is Cc1ccc(S(=O)(=O)N[C@@H](C(=O)Nc2ccc3c(c2)OCO3)C(C)C)cc1. The number of fused-ring (bicyclic) bond motifs is 1. The molecule has 2 N–H and O–H groups in total. The Balaban J connectivity index is 1.76. The van der Waals surface area contributed by atoms with Crippen molar-refractivity contribution in [2.45, 2.75) is 31.7 Å². The number of amides is 1. The van der Waals surface area contributed by atoms with E-state index in [1.807, 2.05) is 6.92 Å². The highest BCUT2D eigenvalue weighted by Gasteiger charge is 2.28. The molecule has 1 heterocycles. The van der Waals surface area contributed by atoms with Crippen molar-refractivity contribution in [2.75, 3.05) is 12.1 Å². The summed E-state index contributed by atoms with van der Waals surface area (Å²) >= 11 is 0. The molecule has 1 aliphatic rings. The maximum atomic E-state index is 12.7. The normalized spacial score (nSPS) is 14.2. The summed E-state index contributed by atoms with van der Waals surface area (Å²) in [6.45, 7) is 5.57.